The van der Waals surface area contributed by atoms with Gasteiger partial charge in [-0.2, -0.15) is 0 Å². The van der Waals surface area contributed by atoms with Crippen molar-refractivity contribution in [2.75, 3.05) is 10.6 Å². The number of hydrogen-bond donors (Lipinski definition) is 1. The SMILES string of the molecule is CCC(NC(=O)c1ccc(CN(c2ccccc2F)S(C)(=O)=O)cc1)c1ccccc1. The molecule has 162 valence electrons. The first-order chi connectivity index (χ1) is 14.8. The van der Waals surface area contributed by atoms with Crippen LogP contribution >= 0.6 is 0 Å². The van der Waals surface area contributed by atoms with Crippen molar-refractivity contribution in [2.45, 2.75) is 25.9 Å². The highest BCUT2D eigenvalue weighted by Crippen LogP contribution is 2.24. The van der Waals surface area contributed by atoms with Crippen LogP contribution in [0.1, 0.15) is 40.9 Å². The third kappa shape index (κ3) is 5.70. The van der Waals surface area contributed by atoms with Gasteiger partial charge in [0.05, 0.1) is 24.5 Å². The number of para-hydroxylation sites is 1. The lowest BCUT2D eigenvalue weighted by Crippen LogP contribution is -2.30. The first kappa shape index (κ1) is 22.5. The second kappa shape index (κ2) is 9.75. The highest BCUT2D eigenvalue weighted by molar-refractivity contribution is 7.92. The maximum absolute atomic E-state index is 14.2. The van der Waals surface area contributed by atoms with Crippen LogP contribution in [0.2, 0.25) is 0 Å². The van der Waals surface area contributed by atoms with Crippen molar-refractivity contribution >= 4 is 21.6 Å². The fourth-order valence-corrected chi connectivity index (χ4v) is 4.20. The number of nitrogens with zero attached hydrogens (tertiary/aromatic N) is 1. The van der Waals surface area contributed by atoms with E-state index in [1.165, 1.54) is 18.2 Å². The molecule has 0 radical (unpaired) electrons. The Morgan fingerprint density at radius 2 is 1.58 bits per heavy atom. The number of halogens is 1. The molecule has 0 saturated carbocycles. The van der Waals surface area contributed by atoms with E-state index in [1.807, 2.05) is 37.3 Å². The Balaban J connectivity index is 1.76. The van der Waals surface area contributed by atoms with Gasteiger partial charge in [0.1, 0.15) is 5.82 Å². The lowest BCUT2D eigenvalue weighted by molar-refractivity contribution is 0.0935. The molecule has 0 aliphatic carbocycles. The molecule has 7 heteroatoms. The van der Waals surface area contributed by atoms with Crippen molar-refractivity contribution in [2.24, 2.45) is 0 Å². The Morgan fingerprint density at radius 1 is 0.968 bits per heavy atom. The summed E-state index contributed by atoms with van der Waals surface area (Å²) in [5, 5.41) is 3.02. The van der Waals surface area contributed by atoms with E-state index in [9.17, 15) is 17.6 Å². The zero-order chi connectivity index (χ0) is 22.4. The summed E-state index contributed by atoms with van der Waals surface area (Å²) in [7, 11) is -3.70. The fraction of sp³-hybridized carbons (Fsp3) is 0.208. The molecule has 0 spiro atoms. The quantitative estimate of drug-likeness (QED) is 0.553. The number of hydrogen-bond acceptors (Lipinski definition) is 3. The molecule has 0 heterocycles. The zero-order valence-corrected chi connectivity index (χ0v) is 18.3. The number of benzene rings is 3. The molecule has 0 aliphatic rings. The van der Waals surface area contributed by atoms with Crippen LogP contribution in [0.5, 0.6) is 0 Å². The molecule has 1 amide bonds. The molecule has 0 bridgehead atoms. The normalized spacial score (nSPS) is 12.2. The minimum atomic E-state index is -3.70. The van der Waals surface area contributed by atoms with Gasteiger partial charge in [0.2, 0.25) is 10.0 Å². The van der Waals surface area contributed by atoms with E-state index in [2.05, 4.69) is 5.32 Å². The molecule has 3 aromatic carbocycles. The van der Waals surface area contributed by atoms with Crippen molar-refractivity contribution in [3.63, 3.8) is 0 Å². The van der Waals surface area contributed by atoms with E-state index in [4.69, 9.17) is 0 Å². The minimum absolute atomic E-state index is 0.0135. The van der Waals surface area contributed by atoms with Crippen LogP contribution in [-0.2, 0) is 16.6 Å². The summed E-state index contributed by atoms with van der Waals surface area (Å²) < 4.78 is 39.7. The molecular formula is C24H25FN2O3S. The number of anilines is 1. The maximum Gasteiger partial charge on any atom is 0.251 e. The van der Waals surface area contributed by atoms with Crippen molar-refractivity contribution in [1.29, 1.82) is 0 Å². The van der Waals surface area contributed by atoms with Gasteiger partial charge < -0.3 is 5.32 Å². The monoisotopic (exact) mass is 440 g/mol. The topological polar surface area (TPSA) is 66.5 Å². The number of nitrogens with one attached hydrogen (secondary N) is 1. The number of sulfonamides is 1. The second-order valence-electron chi connectivity index (χ2n) is 7.26. The first-order valence-electron chi connectivity index (χ1n) is 9.96. The van der Waals surface area contributed by atoms with E-state index in [1.54, 1.807) is 30.3 Å². The Morgan fingerprint density at radius 3 is 2.16 bits per heavy atom. The standard InChI is InChI=1S/C24H25FN2O3S/c1-3-22(19-9-5-4-6-10-19)26-24(28)20-15-13-18(14-16-20)17-27(31(2,29)30)23-12-8-7-11-21(23)25/h4-16,22H,3,17H2,1-2H3,(H,26,28). The van der Waals surface area contributed by atoms with Crippen LogP contribution in [0.25, 0.3) is 0 Å². The molecule has 0 aromatic heterocycles. The Hall–Kier alpha value is -3.19. The number of carbonyl (C=O) groups excluding carboxylic acids is 1. The van der Waals surface area contributed by atoms with Crippen molar-refractivity contribution in [3.05, 3.63) is 101 Å². The molecular weight excluding hydrogens is 415 g/mol. The highest BCUT2D eigenvalue weighted by atomic mass is 32.2. The maximum atomic E-state index is 14.2. The average molecular weight is 441 g/mol. The average Bonchev–Trinajstić information content (AvgIpc) is 2.76. The van der Waals surface area contributed by atoms with Crippen molar-refractivity contribution in [3.8, 4) is 0 Å². The predicted molar refractivity (Wildman–Crippen MR) is 121 cm³/mol. The largest absolute Gasteiger partial charge is 0.345 e. The first-order valence-corrected chi connectivity index (χ1v) is 11.8. The van der Waals surface area contributed by atoms with Crippen LogP contribution in [-0.4, -0.2) is 20.6 Å². The molecule has 1 N–H and O–H groups in total. The molecule has 0 fully saturated rings. The Kier molecular flexibility index (Phi) is 7.07. The second-order valence-corrected chi connectivity index (χ2v) is 9.17. The summed E-state index contributed by atoms with van der Waals surface area (Å²) in [5.74, 6) is -0.827. The third-order valence-corrected chi connectivity index (χ3v) is 6.11. The molecule has 5 nitrogen and oxygen atoms in total. The van der Waals surface area contributed by atoms with Crippen LogP contribution in [0.3, 0.4) is 0 Å². The predicted octanol–water partition coefficient (Wildman–Crippen LogP) is 4.67. The van der Waals surface area contributed by atoms with E-state index in [0.29, 0.717) is 11.1 Å². The van der Waals surface area contributed by atoms with Gasteiger partial charge in [-0.05, 0) is 41.8 Å². The Bertz CT molecular complexity index is 1130. The lowest BCUT2D eigenvalue weighted by atomic mass is 10.0. The molecule has 1 atom stereocenters. The van der Waals surface area contributed by atoms with Crippen molar-refractivity contribution in [1.82, 2.24) is 5.32 Å². The number of carbonyl (C=O) groups is 1. The van der Waals surface area contributed by atoms with E-state index in [-0.39, 0.29) is 24.2 Å². The summed E-state index contributed by atoms with van der Waals surface area (Å²) in [5.41, 5.74) is 2.12. The molecule has 31 heavy (non-hydrogen) atoms. The van der Waals surface area contributed by atoms with Gasteiger partial charge in [-0.1, -0.05) is 61.5 Å². The third-order valence-electron chi connectivity index (χ3n) is 4.98. The smallest absolute Gasteiger partial charge is 0.251 e. The van der Waals surface area contributed by atoms with Gasteiger partial charge in [-0.15, -0.1) is 0 Å². The summed E-state index contributed by atoms with van der Waals surface area (Å²) in [6.45, 7) is 1.97. The number of amides is 1. The van der Waals surface area contributed by atoms with Gasteiger partial charge in [-0.25, -0.2) is 12.8 Å². The van der Waals surface area contributed by atoms with Gasteiger partial charge >= 0.3 is 0 Å². The van der Waals surface area contributed by atoms with Crippen LogP contribution < -0.4 is 9.62 Å². The summed E-state index contributed by atoms with van der Waals surface area (Å²) in [4.78, 5) is 12.7. The van der Waals surface area contributed by atoms with Crippen LogP contribution in [0, 0.1) is 5.82 Å². The molecule has 3 aromatic rings. The number of rotatable bonds is 8. The molecule has 1 unspecified atom stereocenters. The van der Waals surface area contributed by atoms with Gasteiger partial charge in [0.15, 0.2) is 0 Å². The highest BCUT2D eigenvalue weighted by Gasteiger charge is 2.21. The Labute approximate surface area is 182 Å². The lowest BCUT2D eigenvalue weighted by Gasteiger charge is -2.23. The summed E-state index contributed by atoms with van der Waals surface area (Å²) >= 11 is 0. The van der Waals surface area contributed by atoms with Crippen LogP contribution in [0.4, 0.5) is 10.1 Å². The molecule has 3 rings (SSSR count). The zero-order valence-electron chi connectivity index (χ0n) is 17.5. The van der Waals surface area contributed by atoms with E-state index < -0.39 is 15.8 Å². The van der Waals surface area contributed by atoms with Crippen molar-refractivity contribution < 1.29 is 17.6 Å². The van der Waals surface area contributed by atoms with Gasteiger partial charge in [0, 0.05) is 5.56 Å². The molecule has 0 aliphatic heterocycles. The van der Waals surface area contributed by atoms with E-state index >= 15 is 0 Å². The minimum Gasteiger partial charge on any atom is -0.345 e. The summed E-state index contributed by atoms with van der Waals surface area (Å²) in [6, 6.07) is 22.0. The fourth-order valence-electron chi connectivity index (χ4n) is 3.31. The van der Waals surface area contributed by atoms with Gasteiger partial charge in [-0.3, -0.25) is 9.10 Å². The molecule has 0 saturated heterocycles. The van der Waals surface area contributed by atoms with E-state index in [0.717, 1.165) is 22.5 Å². The summed E-state index contributed by atoms with van der Waals surface area (Å²) in [6.07, 6.45) is 1.79. The van der Waals surface area contributed by atoms with Crippen LogP contribution in [0.15, 0.2) is 78.9 Å². The van der Waals surface area contributed by atoms with Gasteiger partial charge in [0.25, 0.3) is 5.91 Å².